The molecule has 0 spiro atoms. The summed E-state index contributed by atoms with van der Waals surface area (Å²) in [5.74, 6) is 0. The maximum atomic E-state index is 4.85. The molecule has 0 fully saturated rings. The third kappa shape index (κ3) is 7.47. The van der Waals surface area contributed by atoms with Crippen LogP contribution in [0.4, 0.5) is 0 Å². The molecule has 2 heteroatoms. The van der Waals surface area contributed by atoms with Crippen molar-refractivity contribution in [1.29, 1.82) is 0 Å². The third-order valence-corrected chi connectivity index (χ3v) is 1.02. The highest BCUT2D eigenvalue weighted by atomic mass is 16.6. The van der Waals surface area contributed by atoms with Gasteiger partial charge in [-0.2, -0.15) is 0 Å². The first kappa shape index (κ1) is 8.47. The molecular weight excluding hydrogens is 114 g/mol. The van der Waals surface area contributed by atoms with Crippen molar-refractivity contribution >= 4 is 6.21 Å². The van der Waals surface area contributed by atoms with Crippen LogP contribution in [-0.2, 0) is 4.84 Å². The van der Waals surface area contributed by atoms with Gasteiger partial charge < -0.3 is 4.84 Å². The minimum Gasteiger partial charge on any atom is -0.396 e. The van der Waals surface area contributed by atoms with Gasteiger partial charge in [0.25, 0.3) is 0 Å². The zero-order valence-corrected chi connectivity index (χ0v) is 6.26. The van der Waals surface area contributed by atoms with Gasteiger partial charge >= 0.3 is 0 Å². The third-order valence-electron chi connectivity index (χ3n) is 1.02. The molecule has 0 N–H and O–H groups in total. The van der Waals surface area contributed by atoms with E-state index in [-0.39, 0.29) is 0 Å². The lowest BCUT2D eigenvalue weighted by atomic mass is 10.3. The Hall–Kier alpha value is -0.530. The maximum Gasteiger partial charge on any atom is 0.117 e. The lowest BCUT2D eigenvalue weighted by Crippen LogP contribution is -1.86. The van der Waals surface area contributed by atoms with Crippen molar-refractivity contribution in [2.24, 2.45) is 5.16 Å². The Kier molecular flexibility index (Phi) is 7.03. The Labute approximate surface area is 56.9 Å². The van der Waals surface area contributed by atoms with Crippen LogP contribution >= 0.6 is 0 Å². The van der Waals surface area contributed by atoms with Crippen LogP contribution in [0.3, 0.4) is 0 Å². The summed E-state index contributed by atoms with van der Waals surface area (Å²) in [6.07, 6.45) is 5.25. The Balaban J connectivity index is 2.75. The normalized spacial score (nSPS) is 10.4. The van der Waals surface area contributed by atoms with Crippen LogP contribution in [-0.4, -0.2) is 12.8 Å². The monoisotopic (exact) mass is 129 g/mol. The SMILES string of the molecule is C/C=N/OCCCCC. The van der Waals surface area contributed by atoms with Gasteiger partial charge in [-0.25, -0.2) is 0 Å². The molecule has 0 bridgehead atoms. The Morgan fingerprint density at radius 1 is 1.44 bits per heavy atom. The fraction of sp³-hybridized carbons (Fsp3) is 0.857. The molecular formula is C7H15NO. The van der Waals surface area contributed by atoms with Gasteiger partial charge in [0.2, 0.25) is 0 Å². The molecule has 0 aromatic rings. The van der Waals surface area contributed by atoms with E-state index in [0.717, 1.165) is 13.0 Å². The lowest BCUT2D eigenvalue weighted by Gasteiger charge is -1.95. The highest BCUT2D eigenvalue weighted by Gasteiger charge is 1.82. The zero-order valence-electron chi connectivity index (χ0n) is 6.26. The summed E-state index contributed by atoms with van der Waals surface area (Å²) < 4.78 is 0. The molecule has 0 radical (unpaired) electrons. The molecule has 0 aliphatic carbocycles. The molecule has 54 valence electrons. The van der Waals surface area contributed by atoms with Gasteiger partial charge in [-0.15, -0.1) is 0 Å². The molecule has 0 aromatic heterocycles. The van der Waals surface area contributed by atoms with Crippen molar-refractivity contribution in [2.75, 3.05) is 6.61 Å². The van der Waals surface area contributed by atoms with Gasteiger partial charge in [0, 0.05) is 6.21 Å². The van der Waals surface area contributed by atoms with Gasteiger partial charge in [0.15, 0.2) is 0 Å². The number of rotatable bonds is 5. The van der Waals surface area contributed by atoms with E-state index in [0.29, 0.717) is 0 Å². The first-order chi connectivity index (χ1) is 4.41. The number of nitrogens with zero attached hydrogens (tertiary/aromatic N) is 1. The predicted molar refractivity (Wildman–Crippen MR) is 39.6 cm³/mol. The number of unbranched alkanes of at least 4 members (excludes halogenated alkanes) is 2. The van der Waals surface area contributed by atoms with Gasteiger partial charge in [-0.3, -0.25) is 0 Å². The van der Waals surface area contributed by atoms with Crippen molar-refractivity contribution in [3.05, 3.63) is 0 Å². The van der Waals surface area contributed by atoms with Crippen LogP contribution in [0.1, 0.15) is 33.1 Å². The summed E-state index contributed by atoms with van der Waals surface area (Å²) in [7, 11) is 0. The molecule has 0 saturated heterocycles. The highest BCUT2D eigenvalue weighted by molar-refractivity contribution is 5.52. The minimum absolute atomic E-state index is 0.762. The summed E-state index contributed by atoms with van der Waals surface area (Å²) in [5, 5.41) is 3.62. The first-order valence-electron chi connectivity index (χ1n) is 3.51. The fourth-order valence-electron chi connectivity index (χ4n) is 0.544. The van der Waals surface area contributed by atoms with Crippen LogP contribution in [0.25, 0.3) is 0 Å². The van der Waals surface area contributed by atoms with E-state index >= 15 is 0 Å². The molecule has 0 aromatic carbocycles. The molecule has 0 aliphatic heterocycles. The second-order valence-electron chi connectivity index (χ2n) is 1.90. The number of hydrogen-bond donors (Lipinski definition) is 0. The van der Waals surface area contributed by atoms with Crippen molar-refractivity contribution in [2.45, 2.75) is 33.1 Å². The fourth-order valence-corrected chi connectivity index (χ4v) is 0.544. The first-order valence-corrected chi connectivity index (χ1v) is 3.51. The quantitative estimate of drug-likeness (QED) is 0.317. The van der Waals surface area contributed by atoms with E-state index in [1.807, 2.05) is 6.92 Å². The van der Waals surface area contributed by atoms with Gasteiger partial charge in [-0.05, 0) is 13.3 Å². The van der Waals surface area contributed by atoms with E-state index in [2.05, 4.69) is 12.1 Å². The lowest BCUT2D eigenvalue weighted by molar-refractivity contribution is 0.141. The molecule has 0 rings (SSSR count). The molecule has 2 nitrogen and oxygen atoms in total. The number of hydrogen-bond acceptors (Lipinski definition) is 2. The van der Waals surface area contributed by atoms with E-state index < -0.39 is 0 Å². The topological polar surface area (TPSA) is 21.6 Å². The van der Waals surface area contributed by atoms with Crippen LogP contribution in [0.2, 0.25) is 0 Å². The summed E-state index contributed by atoms with van der Waals surface area (Å²) in [4.78, 5) is 4.85. The molecule has 0 atom stereocenters. The number of oxime groups is 1. The Morgan fingerprint density at radius 2 is 2.22 bits per heavy atom. The molecule has 0 heterocycles. The Bertz CT molecular complexity index is 71.3. The second kappa shape index (κ2) is 7.47. The van der Waals surface area contributed by atoms with Gasteiger partial charge in [0.05, 0.1) is 0 Å². The Morgan fingerprint density at radius 3 is 2.78 bits per heavy atom. The molecule has 0 unspecified atom stereocenters. The average molecular weight is 129 g/mol. The average Bonchev–Trinajstić information content (AvgIpc) is 1.89. The largest absolute Gasteiger partial charge is 0.396 e. The van der Waals surface area contributed by atoms with Crippen molar-refractivity contribution in [3.63, 3.8) is 0 Å². The minimum atomic E-state index is 0.762. The van der Waals surface area contributed by atoms with Crippen molar-refractivity contribution < 1.29 is 4.84 Å². The van der Waals surface area contributed by atoms with Gasteiger partial charge in [-0.1, -0.05) is 24.9 Å². The summed E-state index contributed by atoms with van der Waals surface area (Å²) in [6.45, 7) is 4.78. The van der Waals surface area contributed by atoms with Crippen LogP contribution in [0, 0.1) is 0 Å². The standard InChI is InChI=1S/C7H15NO/c1-3-5-6-7-9-8-4-2/h4H,3,5-7H2,1-2H3/b8-4+. The highest BCUT2D eigenvalue weighted by Crippen LogP contribution is 1.93. The zero-order chi connectivity index (χ0) is 6.95. The molecule has 0 aliphatic rings. The molecule has 9 heavy (non-hydrogen) atoms. The van der Waals surface area contributed by atoms with E-state index in [9.17, 15) is 0 Å². The van der Waals surface area contributed by atoms with Crippen LogP contribution < -0.4 is 0 Å². The second-order valence-corrected chi connectivity index (χ2v) is 1.90. The molecule has 0 saturated carbocycles. The summed E-state index contributed by atoms with van der Waals surface area (Å²) in [6, 6.07) is 0. The van der Waals surface area contributed by atoms with E-state index in [1.54, 1.807) is 6.21 Å². The summed E-state index contributed by atoms with van der Waals surface area (Å²) >= 11 is 0. The van der Waals surface area contributed by atoms with Crippen LogP contribution in [0.15, 0.2) is 5.16 Å². The van der Waals surface area contributed by atoms with Gasteiger partial charge in [0.1, 0.15) is 6.61 Å². The predicted octanol–water partition coefficient (Wildman–Crippen LogP) is 2.20. The summed E-state index contributed by atoms with van der Waals surface area (Å²) in [5.41, 5.74) is 0. The van der Waals surface area contributed by atoms with E-state index in [4.69, 9.17) is 4.84 Å². The molecule has 0 amide bonds. The van der Waals surface area contributed by atoms with Crippen molar-refractivity contribution in [1.82, 2.24) is 0 Å². The maximum absolute atomic E-state index is 4.85. The smallest absolute Gasteiger partial charge is 0.117 e. The van der Waals surface area contributed by atoms with Crippen LogP contribution in [0.5, 0.6) is 0 Å². The van der Waals surface area contributed by atoms with E-state index in [1.165, 1.54) is 12.8 Å². The van der Waals surface area contributed by atoms with Crippen molar-refractivity contribution in [3.8, 4) is 0 Å².